The maximum atomic E-state index is 12.9. The fourth-order valence-electron chi connectivity index (χ4n) is 1.24. The zero-order valence-electron chi connectivity index (χ0n) is 9.81. The lowest BCUT2D eigenvalue weighted by Gasteiger charge is -2.22. The molecule has 0 bridgehead atoms. The van der Waals surface area contributed by atoms with Gasteiger partial charge in [0.25, 0.3) is 0 Å². The zero-order chi connectivity index (χ0) is 12.2. The van der Waals surface area contributed by atoms with E-state index in [2.05, 4.69) is 41.3 Å². The number of nitrogens with one attached hydrogen (secondary N) is 1. The minimum Gasteiger partial charge on any atom is -0.311 e. The van der Waals surface area contributed by atoms with Gasteiger partial charge in [-0.25, -0.2) is 4.39 Å². The summed E-state index contributed by atoms with van der Waals surface area (Å²) in [6.07, 6.45) is 2.11. The van der Waals surface area contributed by atoms with Gasteiger partial charge in [0.05, 0.1) is 0 Å². The average molecular weight is 306 g/mol. The normalized spacial score (nSPS) is 11.8. The topological polar surface area (TPSA) is 12.0 Å². The zero-order valence-corrected chi connectivity index (χ0v) is 12.2. The molecule has 0 aliphatic rings. The van der Waals surface area contributed by atoms with Crippen molar-refractivity contribution in [3.63, 3.8) is 0 Å². The second-order valence-corrected chi connectivity index (χ2v) is 6.67. The molecule has 0 spiro atoms. The van der Waals surface area contributed by atoms with Crippen molar-refractivity contribution in [3.8, 4) is 0 Å². The van der Waals surface area contributed by atoms with Crippen LogP contribution in [0.1, 0.15) is 19.4 Å². The molecule has 1 rings (SSSR count). The Bertz CT molecular complexity index is 355. The Morgan fingerprint density at radius 3 is 2.69 bits per heavy atom. The van der Waals surface area contributed by atoms with Crippen LogP contribution < -0.4 is 5.32 Å². The lowest BCUT2D eigenvalue weighted by Crippen LogP contribution is -2.31. The highest BCUT2D eigenvalue weighted by molar-refractivity contribution is 9.10. The van der Waals surface area contributed by atoms with Gasteiger partial charge in [-0.15, -0.1) is 0 Å². The number of benzene rings is 1. The van der Waals surface area contributed by atoms with Crippen LogP contribution in [0.2, 0.25) is 0 Å². The summed E-state index contributed by atoms with van der Waals surface area (Å²) in [5.41, 5.74) is 1.08. The van der Waals surface area contributed by atoms with E-state index in [4.69, 9.17) is 0 Å². The second-order valence-electron chi connectivity index (χ2n) is 4.30. The summed E-state index contributed by atoms with van der Waals surface area (Å²) in [5, 5.41) is 3.38. The van der Waals surface area contributed by atoms with Crippen molar-refractivity contribution in [2.45, 2.75) is 25.1 Å². The van der Waals surface area contributed by atoms with E-state index in [-0.39, 0.29) is 10.6 Å². The Morgan fingerprint density at radius 2 is 2.12 bits per heavy atom. The molecule has 90 valence electrons. The summed E-state index contributed by atoms with van der Waals surface area (Å²) in [4.78, 5) is 0. The first-order valence-electron chi connectivity index (χ1n) is 5.14. The molecule has 1 N–H and O–H groups in total. The van der Waals surface area contributed by atoms with Gasteiger partial charge in [-0.3, -0.25) is 0 Å². The molecule has 0 radical (unpaired) electrons. The highest BCUT2D eigenvalue weighted by atomic mass is 79.9. The maximum absolute atomic E-state index is 12.9. The van der Waals surface area contributed by atoms with Gasteiger partial charge in [-0.05, 0) is 37.8 Å². The van der Waals surface area contributed by atoms with Crippen LogP contribution >= 0.6 is 27.7 Å². The third-order valence-electron chi connectivity index (χ3n) is 2.43. The summed E-state index contributed by atoms with van der Waals surface area (Å²) in [6.45, 7) is 6.08. The molecular formula is C12H17BrFNS. The van der Waals surface area contributed by atoms with Crippen LogP contribution in [0.4, 0.5) is 4.39 Å². The van der Waals surface area contributed by atoms with Crippen molar-refractivity contribution < 1.29 is 4.39 Å². The molecule has 16 heavy (non-hydrogen) atoms. The molecule has 0 saturated carbocycles. The van der Waals surface area contributed by atoms with E-state index in [1.54, 1.807) is 6.07 Å². The Kier molecular flexibility index (Phi) is 5.28. The summed E-state index contributed by atoms with van der Waals surface area (Å²) in [6, 6.07) is 4.79. The van der Waals surface area contributed by atoms with Crippen LogP contribution in [-0.2, 0) is 6.54 Å². The predicted octanol–water partition coefficient (Wildman–Crippen LogP) is 3.82. The van der Waals surface area contributed by atoms with Crippen LogP contribution in [0, 0.1) is 5.82 Å². The molecule has 0 heterocycles. The molecule has 0 aliphatic carbocycles. The van der Waals surface area contributed by atoms with Gasteiger partial charge in [0.2, 0.25) is 0 Å². The number of hydrogen-bond donors (Lipinski definition) is 1. The van der Waals surface area contributed by atoms with Crippen molar-refractivity contribution >= 4 is 27.7 Å². The standard InChI is InChI=1S/C12H17BrFNS/c1-12(2,16-3)8-15-7-9-4-5-10(14)6-11(9)13/h4-6,15H,7-8H2,1-3H3. The van der Waals surface area contributed by atoms with E-state index in [0.717, 1.165) is 23.1 Å². The van der Waals surface area contributed by atoms with Gasteiger partial charge in [0, 0.05) is 22.3 Å². The predicted molar refractivity (Wildman–Crippen MR) is 73.4 cm³/mol. The summed E-state index contributed by atoms with van der Waals surface area (Å²) in [5.74, 6) is -0.208. The molecule has 0 aromatic heterocycles. The third-order valence-corrected chi connectivity index (χ3v) is 4.42. The van der Waals surface area contributed by atoms with Gasteiger partial charge >= 0.3 is 0 Å². The number of hydrogen-bond acceptors (Lipinski definition) is 2. The van der Waals surface area contributed by atoms with E-state index in [9.17, 15) is 4.39 Å². The Labute approximate surface area is 109 Å². The first kappa shape index (κ1) is 14.0. The van der Waals surface area contributed by atoms with E-state index < -0.39 is 0 Å². The number of rotatable bonds is 5. The van der Waals surface area contributed by atoms with Crippen molar-refractivity contribution in [2.75, 3.05) is 12.8 Å². The highest BCUT2D eigenvalue weighted by Crippen LogP contribution is 2.21. The van der Waals surface area contributed by atoms with Crippen molar-refractivity contribution in [3.05, 3.63) is 34.1 Å². The minimum absolute atomic E-state index is 0.208. The highest BCUT2D eigenvalue weighted by Gasteiger charge is 2.14. The van der Waals surface area contributed by atoms with Crippen molar-refractivity contribution in [2.24, 2.45) is 0 Å². The van der Waals surface area contributed by atoms with Crippen LogP contribution in [0.15, 0.2) is 22.7 Å². The number of thioether (sulfide) groups is 1. The first-order chi connectivity index (χ1) is 7.44. The van der Waals surface area contributed by atoms with E-state index in [0.29, 0.717) is 0 Å². The first-order valence-corrected chi connectivity index (χ1v) is 7.16. The van der Waals surface area contributed by atoms with Crippen LogP contribution in [0.5, 0.6) is 0 Å². The number of halogens is 2. The molecule has 0 saturated heterocycles. The van der Waals surface area contributed by atoms with E-state index in [1.807, 2.05) is 11.8 Å². The SMILES string of the molecule is CSC(C)(C)CNCc1ccc(F)cc1Br. The fourth-order valence-corrected chi connectivity index (χ4v) is 1.97. The largest absolute Gasteiger partial charge is 0.311 e. The molecule has 0 fully saturated rings. The smallest absolute Gasteiger partial charge is 0.124 e. The summed E-state index contributed by atoms with van der Waals surface area (Å²) < 4.78 is 13.9. The van der Waals surface area contributed by atoms with Crippen LogP contribution in [-0.4, -0.2) is 17.5 Å². The molecular weight excluding hydrogens is 289 g/mol. The van der Waals surface area contributed by atoms with Crippen LogP contribution in [0.3, 0.4) is 0 Å². The molecule has 1 aromatic carbocycles. The quantitative estimate of drug-likeness (QED) is 0.887. The van der Waals surface area contributed by atoms with E-state index >= 15 is 0 Å². The second kappa shape index (κ2) is 6.03. The molecule has 0 amide bonds. The lowest BCUT2D eigenvalue weighted by molar-refractivity contribution is 0.587. The van der Waals surface area contributed by atoms with Crippen molar-refractivity contribution in [1.29, 1.82) is 0 Å². The van der Waals surface area contributed by atoms with Crippen molar-refractivity contribution in [1.82, 2.24) is 5.32 Å². The molecule has 4 heteroatoms. The lowest BCUT2D eigenvalue weighted by atomic mass is 10.2. The summed E-state index contributed by atoms with van der Waals surface area (Å²) in [7, 11) is 0. The van der Waals surface area contributed by atoms with Gasteiger partial charge in [-0.1, -0.05) is 22.0 Å². The Morgan fingerprint density at radius 1 is 1.44 bits per heavy atom. The fraction of sp³-hybridized carbons (Fsp3) is 0.500. The van der Waals surface area contributed by atoms with Gasteiger partial charge in [0.1, 0.15) is 5.82 Å². The van der Waals surface area contributed by atoms with E-state index in [1.165, 1.54) is 12.1 Å². The molecule has 0 aliphatic heterocycles. The third kappa shape index (κ3) is 4.44. The Balaban J connectivity index is 2.49. The maximum Gasteiger partial charge on any atom is 0.124 e. The van der Waals surface area contributed by atoms with Gasteiger partial charge in [0.15, 0.2) is 0 Å². The molecule has 0 atom stereocenters. The molecule has 0 unspecified atom stereocenters. The molecule has 1 aromatic rings. The van der Waals surface area contributed by atoms with Gasteiger partial charge in [-0.2, -0.15) is 11.8 Å². The summed E-state index contributed by atoms with van der Waals surface area (Å²) >= 11 is 5.19. The molecule has 1 nitrogen and oxygen atoms in total. The average Bonchev–Trinajstić information content (AvgIpc) is 2.21. The Hall–Kier alpha value is -0.0600. The van der Waals surface area contributed by atoms with Crippen LogP contribution in [0.25, 0.3) is 0 Å². The monoisotopic (exact) mass is 305 g/mol. The minimum atomic E-state index is -0.208. The van der Waals surface area contributed by atoms with Gasteiger partial charge < -0.3 is 5.32 Å².